The van der Waals surface area contributed by atoms with Crippen molar-refractivity contribution in [3.63, 3.8) is 0 Å². The number of ether oxygens (including phenoxy) is 2. The largest absolute Gasteiger partial charge is 0.489 e. The Labute approximate surface area is 185 Å². The van der Waals surface area contributed by atoms with E-state index in [-0.39, 0.29) is 48.2 Å². The summed E-state index contributed by atoms with van der Waals surface area (Å²) in [5.41, 5.74) is -1.19. The molecule has 176 valence electrons. The molecule has 0 fully saturated rings. The first-order chi connectivity index (χ1) is 15.0. The molecule has 0 radical (unpaired) electrons. The Morgan fingerprint density at radius 3 is 2.34 bits per heavy atom. The number of carbonyl (C=O) groups is 1. The summed E-state index contributed by atoms with van der Waals surface area (Å²) in [6.07, 6.45) is -4.62. The molecule has 2 rings (SSSR count). The maximum absolute atomic E-state index is 13.1. The minimum atomic E-state index is -4.62. The molecule has 7 nitrogen and oxygen atoms in total. The standard InChI is InChI=1S/C21H25F3N2O5S/c1-4-26(5-2)32(28,29)17-8-6-7-15(13-17)20(27)25-18-14-16(21(22,23)24)9-10-19(18)31-12-11-30-3/h6-10,13-14H,4-5,11-12H2,1-3H3,(H,25,27). The summed E-state index contributed by atoms with van der Waals surface area (Å²) in [7, 11) is -2.37. The molecular weight excluding hydrogens is 449 g/mol. The van der Waals surface area contributed by atoms with Crippen molar-refractivity contribution in [2.75, 3.05) is 38.7 Å². The van der Waals surface area contributed by atoms with Crippen molar-refractivity contribution in [3.8, 4) is 5.75 Å². The Balaban J connectivity index is 2.37. The van der Waals surface area contributed by atoms with Crippen LogP contribution in [0.5, 0.6) is 5.75 Å². The summed E-state index contributed by atoms with van der Waals surface area (Å²) in [5.74, 6) is -0.757. The van der Waals surface area contributed by atoms with Gasteiger partial charge in [-0.15, -0.1) is 0 Å². The van der Waals surface area contributed by atoms with Crippen molar-refractivity contribution in [1.82, 2.24) is 4.31 Å². The Morgan fingerprint density at radius 2 is 1.75 bits per heavy atom. The molecule has 0 aliphatic carbocycles. The SMILES string of the molecule is CCN(CC)S(=O)(=O)c1cccc(C(=O)Nc2cc(C(F)(F)F)ccc2OCCOC)c1. The van der Waals surface area contributed by atoms with Gasteiger partial charge in [0.2, 0.25) is 10.0 Å². The summed E-state index contributed by atoms with van der Waals surface area (Å²) in [4.78, 5) is 12.7. The van der Waals surface area contributed by atoms with E-state index in [0.717, 1.165) is 18.2 Å². The first-order valence-electron chi connectivity index (χ1n) is 9.79. The van der Waals surface area contributed by atoms with Crippen LogP contribution in [0, 0.1) is 0 Å². The lowest BCUT2D eigenvalue weighted by molar-refractivity contribution is -0.137. The van der Waals surface area contributed by atoms with Crippen molar-refractivity contribution < 1.29 is 35.9 Å². The van der Waals surface area contributed by atoms with E-state index in [1.165, 1.54) is 35.7 Å². The number of nitrogens with one attached hydrogen (secondary N) is 1. The number of carbonyl (C=O) groups excluding carboxylic acids is 1. The number of alkyl halides is 3. The molecule has 0 saturated carbocycles. The van der Waals surface area contributed by atoms with E-state index in [2.05, 4.69) is 5.32 Å². The van der Waals surface area contributed by atoms with E-state index < -0.39 is 27.7 Å². The highest BCUT2D eigenvalue weighted by Crippen LogP contribution is 2.35. The third-order valence-electron chi connectivity index (χ3n) is 4.54. The Hall–Kier alpha value is -2.63. The molecule has 0 heterocycles. The number of hydrogen-bond acceptors (Lipinski definition) is 5. The molecule has 0 aromatic heterocycles. The molecule has 32 heavy (non-hydrogen) atoms. The number of hydrogen-bond donors (Lipinski definition) is 1. The maximum atomic E-state index is 13.1. The first kappa shape index (κ1) is 25.6. The highest BCUT2D eigenvalue weighted by Gasteiger charge is 2.31. The van der Waals surface area contributed by atoms with Crippen LogP contribution in [0.4, 0.5) is 18.9 Å². The Morgan fingerprint density at radius 1 is 1.06 bits per heavy atom. The average molecular weight is 475 g/mol. The van der Waals surface area contributed by atoms with Gasteiger partial charge < -0.3 is 14.8 Å². The topological polar surface area (TPSA) is 84.9 Å². The molecule has 1 N–H and O–H groups in total. The van der Waals surface area contributed by atoms with Gasteiger partial charge in [0.05, 0.1) is 22.8 Å². The highest BCUT2D eigenvalue weighted by atomic mass is 32.2. The third-order valence-corrected chi connectivity index (χ3v) is 6.59. The minimum Gasteiger partial charge on any atom is -0.489 e. The van der Waals surface area contributed by atoms with Crippen molar-refractivity contribution in [2.24, 2.45) is 0 Å². The van der Waals surface area contributed by atoms with Crippen molar-refractivity contribution in [3.05, 3.63) is 53.6 Å². The van der Waals surface area contributed by atoms with Crippen LogP contribution in [-0.4, -0.2) is 52.0 Å². The zero-order chi connectivity index (χ0) is 23.9. The second-order valence-corrected chi connectivity index (χ2v) is 8.56. The average Bonchev–Trinajstić information content (AvgIpc) is 2.75. The fraction of sp³-hybridized carbons (Fsp3) is 0.381. The molecule has 11 heteroatoms. The summed E-state index contributed by atoms with van der Waals surface area (Å²) in [6.45, 7) is 4.14. The summed E-state index contributed by atoms with van der Waals surface area (Å²) in [5, 5.41) is 2.39. The van der Waals surface area contributed by atoms with Gasteiger partial charge >= 0.3 is 6.18 Å². The molecular formula is C21H25F3N2O5S. The van der Waals surface area contributed by atoms with Crippen LogP contribution in [0.1, 0.15) is 29.8 Å². The van der Waals surface area contributed by atoms with Gasteiger partial charge in [0, 0.05) is 25.8 Å². The Kier molecular flexibility index (Phi) is 8.65. The van der Waals surface area contributed by atoms with E-state index in [1.54, 1.807) is 13.8 Å². The van der Waals surface area contributed by atoms with Gasteiger partial charge in [-0.05, 0) is 36.4 Å². The fourth-order valence-corrected chi connectivity index (χ4v) is 4.37. The lowest BCUT2D eigenvalue weighted by atomic mass is 10.1. The van der Waals surface area contributed by atoms with Crippen molar-refractivity contribution in [1.29, 1.82) is 0 Å². The molecule has 0 aliphatic rings. The summed E-state index contributed by atoms with van der Waals surface area (Å²) in [6, 6.07) is 8.01. The van der Waals surface area contributed by atoms with E-state index in [0.29, 0.717) is 0 Å². The number of sulfonamides is 1. The number of rotatable bonds is 10. The molecule has 1 amide bonds. The van der Waals surface area contributed by atoms with Gasteiger partial charge in [0.25, 0.3) is 5.91 Å². The van der Waals surface area contributed by atoms with Crippen molar-refractivity contribution >= 4 is 21.6 Å². The minimum absolute atomic E-state index is 0.0234. The molecule has 0 aliphatic heterocycles. The number of nitrogens with zero attached hydrogens (tertiary/aromatic N) is 1. The van der Waals surface area contributed by atoms with E-state index >= 15 is 0 Å². The normalized spacial score (nSPS) is 12.1. The second kappa shape index (κ2) is 10.8. The molecule has 0 atom stereocenters. The van der Waals surface area contributed by atoms with Gasteiger partial charge in [0.15, 0.2) is 0 Å². The molecule has 0 spiro atoms. The molecule has 2 aromatic rings. The lowest BCUT2D eigenvalue weighted by Gasteiger charge is -2.19. The predicted octanol–water partition coefficient (Wildman–Crippen LogP) is 4.01. The first-order valence-corrected chi connectivity index (χ1v) is 11.2. The summed E-state index contributed by atoms with van der Waals surface area (Å²) < 4.78 is 76.4. The van der Waals surface area contributed by atoms with E-state index in [4.69, 9.17) is 9.47 Å². The quantitative estimate of drug-likeness (QED) is 0.526. The van der Waals surface area contributed by atoms with E-state index in [9.17, 15) is 26.4 Å². The third kappa shape index (κ3) is 6.21. The van der Waals surface area contributed by atoms with E-state index in [1.807, 2.05) is 0 Å². The highest BCUT2D eigenvalue weighted by molar-refractivity contribution is 7.89. The molecule has 0 saturated heterocycles. The van der Waals surface area contributed by atoms with Crippen LogP contribution in [0.25, 0.3) is 0 Å². The van der Waals surface area contributed by atoms with Crippen LogP contribution >= 0.6 is 0 Å². The Bertz CT molecular complexity index is 1040. The van der Waals surface area contributed by atoms with Crippen LogP contribution in [-0.2, 0) is 20.9 Å². The molecule has 0 unspecified atom stereocenters. The zero-order valence-electron chi connectivity index (χ0n) is 17.9. The second-order valence-electron chi connectivity index (χ2n) is 6.62. The molecule has 0 bridgehead atoms. The number of amides is 1. The number of halogens is 3. The smallest absolute Gasteiger partial charge is 0.416 e. The zero-order valence-corrected chi connectivity index (χ0v) is 18.7. The van der Waals surface area contributed by atoms with Gasteiger partial charge in [-0.3, -0.25) is 4.79 Å². The van der Waals surface area contributed by atoms with Crippen LogP contribution < -0.4 is 10.1 Å². The number of methoxy groups -OCH3 is 1. The number of benzene rings is 2. The predicted molar refractivity (Wildman–Crippen MR) is 113 cm³/mol. The monoisotopic (exact) mass is 474 g/mol. The fourth-order valence-electron chi connectivity index (χ4n) is 2.87. The maximum Gasteiger partial charge on any atom is 0.416 e. The lowest BCUT2D eigenvalue weighted by Crippen LogP contribution is -2.30. The van der Waals surface area contributed by atoms with Crippen LogP contribution in [0.3, 0.4) is 0 Å². The van der Waals surface area contributed by atoms with Crippen molar-refractivity contribution in [2.45, 2.75) is 24.9 Å². The van der Waals surface area contributed by atoms with Crippen LogP contribution in [0.2, 0.25) is 0 Å². The number of anilines is 1. The summed E-state index contributed by atoms with van der Waals surface area (Å²) >= 11 is 0. The van der Waals surface area contributed by atoms with Gasteiger partial charge in [0.1, 0.15) is 12.4 Å². The van der Waals surface area contributed by atoms with Crippen LogP contribution in [0.15, 0.2) is 47.4 Å². The van der Waals surface area contributed by atoms with Gasteiger partial charge in [-0.2, -0.15) is 17.5 Å². The van der Waals surface area contributed by atoms with Gasteiger partial charge in [-0.25, -0.2) is 8.42 Å². The molecule has 2 aromatic carbocycles. The van der Waals surface area contributed by atoms with Gasteiger partial charge in [-0.1, -0.05) is 19.9 Å².